The van der Waals surface area contributed by atoms with Gasteiger partial charge >= 0.3 is 0 Å². The number of halogens is 1. The minimum atomic E-state index is -0.310. The number of rotatable bonds is 10. The van der Waals surface area contributed by atoms with Crippen LogP contribution in [0.3, 0.4) is 0 Å². The molecule has 0 aliphatic rings. The second kappa shape index (κ2) is 12.4. The molecule has 1 atom stereocenters. The van der Waals surface area contributed by atoms with Crippen molar-refractivity contribution >= 4 is 45.2 Å². The van der Waals surface area contributed by atoms with Crippen LogP contribution in [0.25, 0.3) is 0 Å². The van der Waals surface area contributed by atoms with E-state index in [1.165, 1.54) is 11.8 Å². The third-order valence-corrected chi connectivity index (χ3v) is 7.03. The van der Waals surface area contributed by atoms with E-state index < -0.39 is 0 Å². The van der Waals surface area contributed by atoms with Crippen molar-refractivity contribution in [1.29, 1.82) is 0 Å². The molecular formula is C26H32BrN5O2S. The molecular weight excluding hydrogens is 526 g/mol. The number of aromatic nitrogens is 3. The molecule has 0 aliphatic carbocycles. The van der Waals surface area contributed by atoms with Crippen LogP contribution < -0.4 is 10.6 Å². The quantitative estimate of drug-likeness (QED) is 0.296. The van der Waals surface area contributed by atoms with Gasteiger partial charge in [-0.3, -0.25) is 9.59 Å². The fourth-order valence-corrected chi connectivity index (χ4v) is 4.91. The Kier molecular flexibility index (Phi) is 9.51. The number of nitrogens with zero attached hydrogens (tertiary/aromatic N) is 3. The van der Waals surface area contributed by atoms with Crippen LogP contribution >= 0.6 is 27.7 Å². The molecule has 0 spiro atoms. The molecule has 2 aromatic carbocycles. The fourth-order valence-electron chi connectivity index (χ4n) is 3.72. The number of amides is 2. The molecule has 1 heterocycles. The first-order chi connectivity index (χ1) is 16.7. The van der Waals surface area contributed by atoms with Crippen LogP contribution in [0.15, 0.2) is 58.2 Å². The fraction of sp³-hybridized carbons (Fsp3) is 0.385. The molecule has 2 N–H and O–H groups in total. The first-order valence-corrected chi connectivity index (χ1v) is 13.5. The van der Waals surface area contributed by atoms with E-state index in [0.717, 1.165) is 15.7 Å². The molecule has 0 radical (unpaired) electrons. The number of hydrogen-bond acceptors (Lipinski definition) is 5. The summed E-state index contributed by atoms with van der Waals surface area (Å²) in [6, 6.07) is 14.7. The van der Waals surface area contributed by atoms with Crippen molar-refractivity contribution in [1.82, 2.24) is 20.1 Å². The number of benzene rings is 2. The molecule has 0 unspecified atom stereocenters. The lowest BCUT2D eigenvalue weighted by molar-refractivity contribution is -0.113. The Labute approximate surface area is 219 Å². The van der Waals surface area contributed by atoms with Crippen molar-refractivity contribution in [2.45, 2.75) is 58.3 Å². The van der Waals surface area contributed by atoms with E-state index in [1.54, 1.807) is 12.1 Å². The van der Waals surface area contributed by atoms with Crippen LogP contribution in [0.1, 0.15) is 68.3 Å². The van der Waals surface area contributed by atoms with Crippen LogP contribution in [0.2, 0.25) is 0 Å². The van der Waals surface area contributed by atoms with Crippen LogP contribution in [0.5, 0.6) is 0 Å². The number of hydrogen-bond donors (Lipinski definition) is 2. The summed E-state index contributed by atoms with van der Waals surface area (Å²) in [6.45, 7) is 10.9. The van der Waals surface area contributed by atoms with Gasteiger partial charge in [-0.15, -0.1) is 10.2 Å². The Morgan fingerprint density at radius 3 is 2.40 bits per heavy atom. The number of anilines is 1. The third-order valence-electron chi connectivity index (χ3n) is 5.57. The van der Waals surface area contributed by atoms with Gasteiger partial charge < -0.3 is 15.2 Å². The lowest BCUT2D eigenvalue weighted by atomic mass is 10.0. The largest absolute Gasteiger partial charge is 0.342 e. The smallest absolute Gasteiger partial charge is 0.251 e. The lowest BCUT2D eigenvalue weighted by Crippen LogP contribution is -2.33. The van der Waals surface area contributed by atoms with Gasteiger partial charge in [0.25, 0.3) is 5.91 Å². The standard InChI is InChI=1S/C26H32BrN5O2S/c1-6-32-24(23(17(4)5)29-25(34)18-10-8-7-9-11-18)30-31-26(32)35-15-22(33)28-21-13-12-19(27)14-20(21)16(2)3/h7-14,16-17,23H,6,15H2,1-5H3,(H,28,33)(H,29,34)/t23-/m0/s1. The maximum atomic E-state index is 12.8. The van der Waals surface area contributed by atoms with E-state index >= 15 is 0 Å². The second-order valence-corrected chi connectivity index (χ2v) is 10.7. The predicted molar refractivity (Wildman–Crippen MR) is 145 cm³/mol. The monoisotopic (exact) mass is 557 g/mol. The summed E-state index contributed by atoms with van der Waals surface area (Å²) >= 11 is 4.84. The summed E-state index contributed by atoms with van der Waals surface area (Å²) < 4.78 is 2.95. The van der Waals surface area contributed by atoms with Gasteiger partial charge in [0, 0.05) is 22.3 Å². The van der Waals surface area contributed by atoms with Crippen molar-refractivity contribution in [3.05, 3.63) is 70.0 Å². The highest BCUT2D eigenvalue weighted by molar-refractivity contribution is 9.10. The maximum absolute atomic E-state index is 12.8. The summed E-state index contributed by atoms with van der Waals surface area (Å²) in [4.78, 5) is 25.5. The van der Waals surface area contributed by atoms with Gasteiger partial charge in [0.1, 0.15) is 0 Å². The van der Waals surface area contributed by atoms with Crippen molar-refractivity contribution in [2.24, 2.45) is 5.92 Å². The molecule has 0 saturated heterocycles. The van der Waals surface area contributed by atoms with E-state index in [-0.39, 0.29) is 35.4 Å². The molecule has 3 aromatic rings. The molecule has 0 fully saturated rings. The molecule has 35 heavy (non-hydrogen) atoms. The van der Waals surface area contributed by atoms with Gasteiger partial charge in [-0.25, -0.2) is 0 Å². The minimum absolute atomic E-state index is 0.102. The first kappa shape index (κ1) is 26.9. The molecule has 186 valence electrons. The summed E-state index contributed by atoms with van der Waals surface area (Å²) in [5.74, 6) is 1.01. The zero-order valence-electron chi connectivity index (χ0n) is 20.7. The molecule has 0 aliphatic heterocycles. The average molecular weight is 559 g/mol. The van der Waals surface area contributed by atoms with Crippen molar-refractivity contribution in [3.63, 3.8) is 0 Å². The van der Waals surface area contributed by atoms with E-state index in [9.17, 15) is 9.59 Å². The minimum Gasteiger partial charge on any atom is -0.342 e. The third kappa shape index (κ3) is 6.95. The van der Waals surface area contributed by atoms with Gasteiger partial charge in [-0.1, -0.05) is 73.6 Å². The summed E-state index contributed by atoms with van der Waals surface area (Å²) in [6.07, 6.45) is 0. The van der Waals surface area contributed by atoms with E-state index in [4.69, 9.17) is 0 Å². The van der Waals surface area contributed by atoms with Crippen LogP contribution in [-0.2, 0) is 11.3 Å². The normalized spacial score (nSPS) is 12.1. The van der Waals surface area contributed by atoms with Crippen molar-refractivity contribution < 1.29 is 9.59 Å². The van der Waals surface area contributed by atoms with Gasteiger partial charge in [0.2, 0.25) is 5.91 Å². The predicted octanol–water partition coefficient (Wildman–Crippen LogP) is 6.04. The first-order valence-electron chi connectivity index (χ1n) is 11.7. The topological polar surface area (TPSA) is 88.9 Å². The zero-order chi connectivity index (χ0) is 25.5. The number of nitrogens with one attached hydrogen (secondary N) is 2. The van der Waals surface area contributed by atoms with Gasteiger partial charge in [0.15, 0.2) is 11.0 Å². The van der Waals surface area contributed by atoms with E-state index in [0.29, 0.717) is 23.1 Å². The molecule has 7 nitrogen and oxygen atoms in total. The molecule has 3 rings (SSSR count). The summed E-state index contributed by atoms with van der Waals surface area (Å²) in [5.41, 5.74) is 2.49. The molecule has 0 saturated carbocycles. The Balaban J connectivity index is 1.72. The van der Waals surface area contributed by atoms with Crippen LogP contribution in [-0.4, -0.2) is 32.3 Å². The van der Waals surface area contributed by atoms with Crippen molar-refractivity contribution in [2.75, 3.05) is 11.1 Å². The molecule has 2 amide bonds. The van der Waals surface area contributed by atoms with Gasteiger partial charge in [-0.05, 0) is 54.7 Å². The molecule has 9 heteroatoms. The zero-order valence-corrected chi connectivity index (χ0v) is 23.1. The lowest BCUT2D eigenvalue weighted by Gasteiger charge is -2.22. The van der Waals surface area contributed by atoms with Crippen molar-refractivity contribution in [3.8, 4) is 0 Å². The average Bonchev–Trinajstić information content (AvgIpc) is 3.24. The van der Waals surface area contributed by atoms with Gasteiger partial charge in [-0.2, -0.15) is 0 Å². The summed E-state index contributed by atoms with van der Waals surface area (Å²) in [5, 5.41) is 15.5. The summed E-state index contributed by atoms with van der Waals surface area (Å²) in [7, 11) is 0. The second-order valence-electron chi connectivity index (χ2n) is 8.87. The maximum Gasteiger partial charge on any atom is 0.251 e. The molecule has 1 aromatic heterocycles. The highest BCUT2D eigenvalue weighted by Gasteiger charge is 2.26. The Morgan fingerprint density at radius 2 is 1.77 bits per heavy atom. The highest BCUT2D eigenvalue weighted by Crippen LogP contribution is 2.29. The number of carbonyl (C=O) groups excluding carboxylic acids is 2. The Bertz CT molecular complexity index is 1160. The van der Waals surface area contributed by atoms with Crippen LogP contribution in [0.4, 0.5) is 5.69 Å². The molecule has 0 bridgehead atoms. The Morgan fingerprint density at radius 1 is 1.06 bits per heavy atom. The number of thioether (sulfide) groups is 1. The van der Waals surface area contributed by atoms with Gasteiger partial charge in [0.05, 0.1) is 11.8 Å². The van der Waals surface area contributed by atoms with Crippen LogP contribution in [0, 0.1) is 5.92 Å². The Hall–Kier alpha value is -2.65. The number of carbonyl (C=O) groups is 2. The highest BCUT2D eigenvalue weighted by atomic mass is 79.9. The SMILES string of the molecule is CCn1c(SCC(=O)Nc2ccc(Br)cc2C(C)C)nnc1[C@@H](NC(=O)c1ccccc1)C(C)C. The van der Waals surface area contributed by atoms with E-state index in [2.05, 4.69) is 50.6 Å². The van der Waals surface area contributed by atoms with E-state index in [1.807, 2.05) is 61.7 Å².